The van der Waals surface area contributed by atoms with E-state index in [0.29, 0.717) is 17.0 Å². The molecule has 2 amide bonds. The molecule has 0 radical (unpaired) electrons. The van der Waals surface area contributed by atoms with Crippen LogP contribution in [0.3, 0.4) is 0 Å². The van der Waals surface area contributed by atoms with Gasteiger partial charge in [0, 0.05) is 16.5 Å². The van der Waals surface area contributed by atoms with Crippen LogP contribution in [-0.4, -0.2) is 21.8 Å². The van der Waals surface area contributed by atoms with Crippen LogP contribution in [0.2, 0.25) is 5.02 Å². The van der Waals surface area contributed by atoms with Gasteiger partial charge in [0.15, 0.2) is 0 Å². The van der Waals surface area contributed by atoms with Crippen molar-refractivity contribution in [2.75, 3.05) is 0 Å². The third-order valence-electron chi connectivity index (χ3n) is 6.89. The highest BCUT2D eigenvalue weighted by Gasteiger charge is 2.68. The monoisotopic (exact) mass is 420 g/mol. The Balaban J connectivity index is 1.48. The van der Waals surface area contributed by atoms with Gasteiger partial charge in [-0.15, -0.1) is 0 Å². The topological polar surface area (TPSA) is 84.0 Å². The van der Waals surface area contributed by atoms with Crippen LogP contribution in [0.4, 0.5) is 0 Å². The number of benzene rings is 2. The first-order valence-electron chi connectivity index (χ1n) is 9.98. The molecule has 30 heavy (non-hydrogen) atoms. The number of halogens is 1. The van der Waals surface area contributed by atoms with Gasteiger partial charge in [0.25, 0.3) is 11.8 Å². The lowest BCUT2D eigenvalue weighted by Gasteiger charge is -2.36. The summed E-state index contributed by atoms with van der Waals surface area (Å²) in [5.41, 5.74) is 7.69. The summed E-state index contributed by atoms with van der Waals surface area (Å²) in [7, 11) is 0. The fraction of sp³-hybridized carbons (Fsp3) is 0.304. The summed E-state index contributed by atoms with van der Waals surface area (Å²) >= 11 is 5.88. The number of hydrazine groups is 1. The first-order valence-corrected chi connectivity index (χ1v) is 10.4. The number of nitrogens with one attached hydrogen (secondary N) is 2. The zero-order valence-electron chi connectivity index (χ0n) is 16.7. The van der Waals surface area contributed by atoms with Gasteiger partial charge in [0.1, 0.15) is 5.41 Å². The molecule has 2 N–H and O–H groups in total. The van der Waals surface area contributed by atoms with E-state index in [9.17, 15) is 9.59 Å². The molecule has 1 heterocycles. The van der Waals surface area contributed by atoms with Crippen molar-refractivity contribution >= 4 is 34.4 Å². The van der Waals surface area contributed by atoms with E-state index in [0.717, 1.165) is 28.8 Å². The van der Waals surface area contributed by atoms with E-state index >= 15 is 0 Å². The van der Waals surface area contributed by atoms with Gasteiger partial charge in [-0.3, -0.25) is 20.4 Å². The van der Waals surface area contributed by atoms with Crippen LogP contribution in [0.1, 0.15) is 54.4 Å². The predicted octanol–water partition coefficient (Wildman–Crippen LogP) is 3.90. The fourth-order valence-corrected chi connectivity index (χ4v) is 5.35. The minimum atomic E-state index is -0.836. The maximum Gasteiger partial charge on any atom is 0.269 e. The van der Waals surface area contributed by atoms with Gasteiger partial charge in [-0.05, 0) is 54.7 Å². The third kappa shape index (κ3) is 2.50. The van der Waals surface area contributed by atoms with E-state index in [1.54, 1.807) is 24.3 Å². The molecule has 0 saturated heterocycles. The second-order valence-corrected chi connectivity index (χ2v) is 9.02. The number of fused-ring (bicyclic) bond motifs is 6. The Morgan fingerprint density at radius 3 is 2.37 bits per heavy atom. The van der Waals surface area contributed by atoms with Crippen LogP contribution in [0.15, 0.2) is 48.5 Å². The van der Waals surface area contributed by atoms with Gasteiger partial charge in [-0.2, -0.15) is 0 Å². The van der Waals surface area contributed by atoms with Crippen molar-refractivity contribution < 1.29 is 9.59 Å². The maximum absolute atomic E-state index is 13.5. The van der Waals surface area contributed by atoms with Crippen molar-refractivity contribution in [2.45, 2.75) is 38.0 Å². The van der Waals surface area contributed by atoms with Gasteiger partial charge >= 0.3 is 0 Å². The zero-order valence-corrected chi connectivity index (χ0v) is 17.5. The summed E-state index contributed by atoms with van der Waals surface area (Å²) in [5, 5.41) is 0.543. The molecule has 1 aromatic heterocycles. The Morgan fingerprint density at radius 2 is 1.67 bits per heavy atom. The lowest BCUT2D eigenvalue weighted by atomic mass is 9.68. The molecule has 0 spiro atoms. The number of nitrogens with zero attached hydrogens (tertiary/aromatic N) is 2. The Kier molecular flexibility index (Phi) is 4.12. The van der Waals surface area contributed by atoms with Gasteiger partial charge in [-0.1, -0.05) is 37.6 Å². The molecule has 1 fully saturated rings. The summed E-state index contributed by atoms with van der Waals surface area (Å²) < 4.78 is 0. The van der Waals surface area contributed by atoms with Crippen LogP contribution in [0.5, 0.6) is 0 Å². The molecule has 2 aliphatic carbocycles. The fourth-order valence-electron chi connectivity index (χ4n) is 5.22. The lowest BCUT2D eigenvalue weighted by molar-refractivity contribution is -0.130. The molecule has 0 aliphatic heterocycles. The van der Waals surface area contributed by atoms with Gasteiger partial charge < -0.3 is 0 Å². The van der Waals surface area contributed by atoms with Crippen molar-refractivity contribution in [3.8, 4) is 0 Å². The molecule has 2 bridgehead atoms. The van der Waals surface area contributed by atoms with Crippen molar-refractivity contribution in [1.29, 1.82) is 0 Å². The van der Waals surface area contributed by atoms with E-state index in [1.165, 1.54) is 0 Å². The van der Waals surface area contributed by atoms with Crippen molar-refractivity contribution in [2.24, 2.45) is 5.41 Å². The van der Waals surface area contributed by atoms with E-state index in [-0.39, 0.29) is 17.2 Å². The van der Waals surface area contributed by atoms with Gasteiger partial charge in [0.2, 0.25) is 0 Å². The molecule has 2 atom stereocenters. The number of carbonyl (C=O) groups is 2. The quantitative estimate of drug-likeness (QED) is 0.616. The minimum absolute atomic E-state index is 0.155. The van der Waals surface area contributed by atoms with Crippen molar-refractivity contribution in [1.82, 2.24) is 20.8 Å². The molecule has 3 aromatic rings. The summed E-state index contributed by atoms with van der Waals surface area (Å²) in [5.74, 6) is -0.491. The Morgan fingerprint density at radius 1 is 1.00 bits per heavy atom. The molecule has 2 aliphatic rings. The summed E-state index contributed by atoms with van der Waals surface area (Å²) in [6, 6.07) is 14.2. The Labute approximate surface area is 179 Å². The van der Waals surface area contributed by atoms with E-state index in [2.05, 4.69) is 24.7 Å². The Bertz CT molecular complexity index is 1190. The van der Waals surface area contributed by atoms with Crippen molar-refractivity contribution in [3.63, 3.8) is 0 Å². The average Bonchev–Trinajstić information content (AvgIpc) is 3.12. The standard InChI is InChI=1S/C23H21ClN4O2/c1-22(2)15-11-12-23(22,19-18(15)25-16-5-3-4-6-17(16)26-19)21(30)28-27-20(29)13-7-9-14(24)10-8-13/h3-10,15H,11-12H2,1-2H3,(H,27,29)(H,28,30). The predicted molar refractivity (Wildman–Crippen MR) is 114 cm³/mol. The molecule has 2 unspecified atom stereocenters. The maximum atomic E-state index is 13.5. The van der Waals surface area contributed by atoms with Gasteiger partial charge in [-0.25, -0.2) is 9.97 Å². The zero-order chi connectivity index (χ0) is 21.1. The molecule has 7 heteroatoms. The third-order valence-corrected chi connectivity index (χ3v) is 7.15. The normalized spacial score (nSPS) is 23.2. The number of rotatable bonds is 2. The second kappa shape index (κ2) is 6.51. The van der Waals surface area contributed by atoms with Crippen LogP contribution in [-0.2, 0) is 10.2 Å². The van der Waals surface area contributed by atoms with Crippen LogP contribution < -0.4 is 10.9 Å². The minimum Gasteiger partial charge on any atom is -0.272 e. The summed E-state index contributed by atoms with van der Waals surface area (Å²) in [4.78, 5) is 35.7. The lowest BCUT2D eigenvalue weighted by Crippen LogP contribution is -2.54. The Hall–Kier alpha value is -2.99. The molecule has 2 aromatic carbocycles. The first kappa shape index (κ1) is 19.0. The molecule has 6 nitrogen and oxygen atoms in total. The van der Waals surface area contributed by atoms with Crippen LogP contribution in [0, 0.1) is 5.41 Å². The first-order chi connectivity index (χ1) is 14.3. The molecule has 5 rings (SSSR count). The van der Waals surface area contributed by atoms with Crippen LogP contribution in [0.25, 0.3) is 11.0 Å². The van der Waals surface area contributed by atoms with Crippen LogP contribution >= 0.6 is 11.6 Å². The molecule has 152 valence electrons. The molecule has 1 saturated carbocycles. The highest BCUT2D eigenvalue weighted by molar-refractivity contribution is 6.30. The van der Waals surface area contributed by atoms with Crippen molar-refractivity contribution in [3.05, 3.63) is 70.5 Å². The number of carbonyl (C=O) groups excluding carboxylic acids is 2. The highest BCUT2D eigenvalue weighted by atomic mass is 35.5. The molecular weight excluding hydrogens is 400 g/mol. The average molecular weight is 421 g/mol. The largest absolute Gasteiger partial charge is 0.272 e. The number of aromatic nitrogens is 2. The number of hydrogen-bond acceptors (Lipinski definition) is 4. The number of para-hydroxylation sites is 2. The van der Waals surface area contributed by atoms with E-state index in [1.807, 2.05) is 24.3 Å². The smallest absolute Gasteiger partial charge is 0.269 e. The van der Waals surface area contributed by atoms with E-state index < -0.39 is 11.3 Å². The summed E-state index contributed by atoms with van der Waals surface area (Å²) in [6.45, 7) is 4.19. The number of amides is 2. The van der Waals surface area contributed by atoms with Gasteiger partial charge in [0.05, 0.1) is 22.4 Å². The second-order valence-electron chi connectivity index (χ2n) is 8.58. The molecular formula is C23H21ClN4O2. The number of hydrogen-bond donors (Lipinski definition) is 2. The van der Waals surface area contributed by atoms with E-state index in [4.69, 9.17) is 21.6 Å². The highest BCUT2D eigenvalue weighted by Crippen LogP contribution is 2.67. The summed E-state index contributed by atoms with van der Waals surface area (Å²) in [6.07, 6.45) is 1.54. The SMILES string of the molecule is CC1(C)C2CCC1(C(=O)NNC(=O)c1ccc(Cl)cc1)c1nc3ccccc3nc12.